The number of piperidine rings is 4. The average molecular weight is 782 g/mol. The second kappa shape index (κ2) is 16.2. The fourth-order valence-electron chi connectivity index (χ4n) is 10.6. The first-order valence-corrected chi connectivity index (χ1v) is 21.4. The highest BCUT2D eigenvalue weighted by Gasteiger charge is 2.46. The summed E-state index contributed by atoms with van der Waals surface area (Å²) in [6, 6.07) is 28.0. The number of nitrogens with one attached hydrogen (secondary N) is 1. The maximum absolute atomic E-state index is 14.7. The first kappa shape index (κ1) is 38.2. The number of imide groups is 1. The Kier molecular flexibility index (Phi) is 10.7. The first-order chi connectivity index (χ1) is 28.3. The van der Waals surface area contributed by atoms with Crippen LogP contribution in [0.1, 0.15) is 74.8 Å². The monoisotopic (exact) mass is 781 g/mol. The highest BCUT2D eigenvalue weighted by molar-refractivity contribution is 6.01. The summed E-state index contributed by atoms with van der Waals surface area (Å²) in [7, 11) is 0. The van der Waals surface area contributed by atoms with Gasteiger partial charge in [-0.25, -0.2) is 0 Å². The lowest BCUT2D eigenvalue weighted by Crippen LogP contribution is -2.55. The van der Waals surface area contributed by atoms with Gasteiger partial charge in [-0.1, -0.05) is 54.6 Å². The molecule has 0 saturated carbocycles. The fourth-order valence-corrected chi connectivity index (χ4v) is 10.6. The molecule has 1 atom stereocenters. The van der Waals surface area contributed by atoms with Crippen LogP contribution in [0.5, 0.6) is 5.75 Å². The summed E-state index contributed by atoms with van der Waals surface area (Å²) in [6.07, 6.45) is 9.96. The molecule has 5 saturated heterocycles. The summed E-state index contributed by atoms with van der Waals surface area (Å²) in [5.41, 5.74) is 5.39. The normalized spacial score (nSPS) is 22.6. The van der Waals surface area contributed by atoms with Crippen molar-refractivity contribution in [2.75, 3.05) is 68.7 Å². The van der Waals surface area contributed by atoms with Crippen LogP contribution >= 0.6 is 0 Å². The molecule has 5 aliphatic heterocycles. The molecular formula is C47H55N7O4. The number of likely N-dealkylation sites (tertiary alicyclic amines) is 2. The van der Waals surface area contributed by atoms with Crippen molar-refractivity contribution in [1.29, 1.82) is 0 Å². The molecule has 9 rings (SSSR count). The summed E-state index contributed by atoms with van der Waals surface area (Å²) in [5.74, 6) is 0.465. The first-order valence-electron chi connectivity index (χ1n) is 21.4. The maximum atomic E-state index is 14.7. The van der Waals surface area contributed by atoms with E-state index in [2.05, 4.69) is 83.6 Å². The molecule has 0 radical (unpaired) electrons. The molecule has 0 unspecified atom stereocenters. The van der Waals surface area contributed by atoms with E-state index < -0.39 is 5.41 Å². The largest absolute Gasteiger partial charge is 0.507 e. The molecule has 5 fully saturated rings. The number of hydrogen-bond acceptors (Lipinski definition) is 9. The van der Waals surface area contributed by atoms with E-state index in [9.17, 15) is 19.5 Å². The molecule has 0 aliphatic carbocycles. The third kappa shape index (κ3) is 7.68. The van der Waals surface area contributed by atoms with Crippen molar-refractivity contribution in [3.05, 3.63) is 102 Å². The van der Waals surface area contributed by atoms with Crippen molar-refractivity contribution in [1.82, 2.24) is 25.3 Å². The van der Waals surface area contributed by atoms with Crippen LogP contribution in [0.15, 0.2) is 91.1 Å². The molecule has 11 nitrogen and oxygen atoms in total. The van der Waals surface area contributed by atoms with Crippen molar-refractivity contribution in [2.24, 2.45) is 11.3 Å². The number of amides is 3. The van der Waals surface area contributed by atoms with Gasteiger partial charge in [0, 0.05) is 70.0 Å². The number of aromatic hydroxyl groups is 1. The minimum Gasteiger partial charge on any atom is -0.507 e. The zero-order valence-corrected chi connectivity index (χ0v) is 33.4. The Morgan fingerprint density at radius 2 is 1.43 bits per heavy atom. The average Bonchev–Trinajstić information content (AvgIpc) is 3.65. The molecule has 5 aliphatic rings. The van der Waals surface area contributed by atoms with Crippen molar-refractivity contribution in [3.8, 4) is 17.0 Å². The van der Waals surface area contributed by atoms with Crippen LogP contribution in [0.2, 0.25) is 0 Å². The predicted molar refractivity (Wildman–Crippen MR) is 225 cm³/mol. The lowest BCUT2D eigenvalue weighted by atomic mass is 9.71. The molecule has 0 bridgehead atoms. The molecule has 6 heterocycles. The van der Waals surface area contributed by atoms with Crippen LogP contribution in [0, 0.1) is 11.3 Å². The van der Waals surface area contributed by atoms with Gasteiger partial charge in [0.05, 0.1) is 28.9 Å². The third-order valence-electron chi connectivity index (χ3n) is 14.2. The van der Waals surface area contributed by atoms with Gasteiger partial charge in [-0.05, 0) is 111 Å². The molecule has 1 spiro atoms. The van der Waals surface area contributed by atoms with Crippen molar-refractivity contribution >= 4 is 29.1 Å². The number of carbonyl (C=O) groups excluding carboxylic acids is 3. The maximum Gasteiger partial charge on any atom is 0.234 e. The van der Waals surface area contributed by atoms with E-state index in [1.807, 2.05) is 24.3 Å². The van der Waals surface area contributed by atoms with E-state index in [0.29, 0.717) is 35.4 Å². The van der Waals surface area contributed by atoms with Crippen LogP contribution in [0.3, 0.4) is 0 Å². The topological polar surface area (TPSA) is 122 Å². The van der Waals surface area contributed by atoms with Gasteiger partial charge in [-0.15, -0.1) is 0 Å². The van der Waals surface area contributed by atoms with E-state index in [-0.39, 0.29) is 29.4 Å². The van der Waals surface area contributed by atoms with Crippen molar-refractivity contribution in [2.45, 2.75) is 69.1 Å². The van der Waals surface area contributed by atoms with Crippen molar-refractivity contribution in [3.63, 3.8) is 0 Å². The highest BCUT2D eigenvalue weighted by atomic mass is 16.3. The number of rotatable bonds is 8. The fraction of sp³-hybridized carbons (Fsp3) is 0.468. The minimum absolute atomic E-state index is 0.174. The Hall–Kier alpha value is -5.29. The van der Waals surface area contributed by atoms with Gasteiger partial charge in [0.25, 0.3) is 0 Å². The SMILES string of the molecule is O=C1CC[C@H](c2ccc(N3CCC4(CCN(CC5CCN(C(=O)C6(c7ccccc7)CCN(c7cnnc(-c8ccccc8O)c7)CC6)CC5)C4)CC3)cc2)C(=O)N1. The minimum atomic E-state index is -0.558. The molecule has 2 N–H and O–H groups in total. The van der Waals surface area contributed by atoms with Gasteiger partial charge in [0.2, 0.25) is 17.7 Å². The van der Waals surface area contributed by atoms with Gasteiger partial charge in [0.15, 0.2) is 0 Å². The summed E-state index contributed by atoms with van der Waals surface area (Å²) in [5, 5.41) is 21.5. The molecule has 302 valence electrons. The lowest BCUT2D eigenvalue weighted by Gasteiger charge is -2.45. The van der Waals surface area contributed by atoms with E-state index >= 15 is 0 Å². The van der Waals surface area contributed by atoms with E-state index in [1.54, 1.807) is 18.3 Å². The molecule has 3 amide bonds. The van der Waals surface area contributed by atoms with Crippen molar-refractivity contribution < 1.29 is 19.5 Å². The Morgan fingerprint density at radius 1 is 0.759 bits per heavy atom. The molecule has 1 aromatic heterocycles. The number of nitrogens with zero attached hydrogens (tertiary/aromatic N) is 6. The van der Waals surface area contributed by atoms with E-state index in [4.69, 9.17) is 0 Å². The number of aromatic nitrogens is 2. The van der Waals surface area contributed by atoms with Crippen LogP contribution < -0.4 is 15.1 Å². The molecule has 4 aromatic rings. The number of carbonyl (C=O) groups is 3. The van der Waals surface area contributed by atoms with Gasteiger partial charge in [-0.3, -0.25) is 19.7 Å². The number of benzene rings is 3. The van der Waals surface area contributed by atoms with Crippen LogP contribution in [-0.4, -0.2) is 102 Å². The standard InChI is InChI=1S/C47H55N7O4/c55-42-9-5-4-8-40(42)41-30-38(31-48-50-41)53-28-21-47(22-29-53,36-6-2-1-3-7-36)45(58)54-23-16-34(17-24-54)32-51-25-18-46(33-51)19-26-52(27-20-46)37-12-10-35(11-13-37)39-14-15-43(56)49-44(39)57/h1-13,30-31,34,39,55H,14-29,32-33H2,(H,49,56,57)/t39-/m1/s1. The zero-order valence-electron chi connectivity index (χ0n) is 33.4. The third-order valence-corrected chi connectivity index (χ3v) is 14.2. The second-order valence-corrected chi connectivity index (χ2v) is 17.6. The Morgan fingerprint density at radius 3 is 2.16 bits per heavy atom. The lowest BCUT2D eigenvalue weighted by molar-refractivity contribution is -0.140. The summed E-state index contributed by atoms with van der Waals surface area (Å²) < 4.78 is 0. The summed E-state index contributed by atoms with van der Waals surface area (Å²) >= 11 is 0. The van der Waals surface area contributed by atoms with E-state index in [1.165, 1.54) is 31.5 Å². The highest BCUT2D eigenvalue weighted by Crippen LogP contribution is 2.43. The Balaban J connectivity index is 0.773. The van der Waals surface area contributed by atoms with Crippen LogP contribution in [0.25, 0.3) is 11.3 Å². The van der Waals surface area contributed by atoms with Gasteiger partial charge in [0.1, 0.15) is 5.75 Å². The second-order valence-electron chi connectivity index (χ2n) is 17.6. The Bertz CT molecular complexity index is 2100. The summed E-state index contributed by atoms with van der Waals surface area (Å²) in [6.45, 7) is 8.64. The molecule has 3 aromatic carbocycles. The van der Waals surface area contributed by atoms with Gasteiger partial charge >= 0.3 is 0 Å². The van der Waals surface area contributed by atoms with Crippen LogP contribution in [-0.2, 0) is 19.8 Å². The number of anilines is 2. The molecule has 58 heavy (non-hydrogen) atoms. The quantitative estimate of drug-likeness (QED) is 0.203. The molecular weight excluding hydrogens is 727 g/mol. The zero-order chi connectivity index (χ0) is 39.7. The number of para-hydroxylation sites is 1. The Labute approximate surface area is 341 Å². The number of phenols is 1. The van der Waals surface area contributed by atoms with Gasteiger partial charge in [-0.2, -0.15) is 10.2 Å². The number of hydrogen-bond donors (Lipinski definition) is 2. The van der Waals surface area contributed by atoms with Gasteiger partial charge < -0.3 is 24.7 Å². The van der Waals surface area contributed by atoms with Crippen LogP contribution in [0.4, 0.5) is 11.4 Å². The number of phenolic OH excluding ortho intramolecular Hbond substituents is 1. The predicted octanol–water partition coefficient (Wildman–Crippen LogP) is 6.14. The van der Waals surface area contributed by atoms with E-state index in [0.717, 1.165) is 94.9 Å². The molecule has 11 heteroatoms. The smallest absolute Gasteiger partial charge is 0.234 e. The summed E-state index contributed by atoms with van der Waals surface area (Å²) in [4.78, 5) is 48.3.